The molecule has 100 valence electrons. The summed E-state index contributed by atoms with van der Waals surface area (Å²) in [5, 5.41) is 10.8. The molecule has 0 saturated heterocycles. The highest BCUT2D eigenvalue weighted by Crippen LogP contribution is 2.38. The predicted octanol–water partition coefficient (Wildman–Crippen LogP) is 4.41. The number of halogens is 2. The quantitative estimate of drug-likeness (QED) is 0.886. The van der Waals surface area contributed by atoms with Crippen LogP contribution in [0.2, 0.25) is 5.02 Å². The molecule has 1 aromatic carbocycles. The number of thioether (sulfide) groups is 1. The van der Waals surface area contributed by atoms with Crippen molar-refractivity contribution in [2.45, 2.75) is 18.3 Å². The Balaban J connectivity index is 1.97. The summed E-state index contributed by atoms with van der Waals surface area (Å²) >= 11 is 9.55. The minimum atomic E-state index is -0.844. The van der Waals surface area contributed by atoms with Crippen LogP contribution in [-0.2, 0) is 12.2 Å². The Morgan fingerprint density at radius 3 is 2.95 bits per heavy atom. The maximum absolute atomic E-state index is 13.3. The van der Waals surface area contributed by atoms with Crippen LogP contribution in [0.5, 0.6) is 0 Å². The van der Waals surface area contributed by atoms with Gasteiger partial charge in [0.1, 0.15) is 11.9 Å². The van der Waals surface area contributed by atoms with Gasteiger partial charge in [-0.2, -0.15) is 11.8 Å². The second kappa shape index (κ2) is 5.44. The molecule has 1 aliphatic heterocycles. The van der Waals surface area contributed by atoms with Gasteiger partial charge >= 0.3 is 0 Å². The van der Waals surface area contributed by atoms with E-state index in [1.54, 1.807) is 11.3 Å². The molecule has 0 spiro atoms. The van der Waals surface area contributed by atoms with Crippen LogP contribution < -0.4 is 0 Å². The topological polar surface area (TPSA) is 20.2 Å². The second-order valence-electron chi connectivity index (χ2n) is 4.47. The van der Waals surface area contributed by atoms with Crippen LogP contribution in [-0.4, -0.2) is 10.9 Å². The number of aliphatic hydroxyl groups is 1. The highest BCUT2D eigenvalue weighted by atomic mass is 35.5. The van der Waals surface area contributed by atoms with Crippen LogP contribution in [0.1, 0.15) is 27.0 Å². The van der Waals surface area contributed by atoms with Gasteiger partial charge in [-0.3, -0.25) is 0 Å². The summed E-state index contributed by atoms with van der Waals surface area (Å²) in [5.41, 5.74) is 1.73. The number of thiophene rings is 1. The molecule has 0 radical (unpaired) electrons. The molecule has 0 aliphatic carbocycles. The van der Waals surface area contributed by atoms with Gasteiger partial charge in [-0.15, -0.1) is 11.3 Å². The van der Waals surface area contributed by atoms with E-state index < -0.39 is 6.10 Å². The van der Waals surface area contributed by atoms with Crippen molar-refractivity contribution in [2.75, 3.05) is 5.75 Å². The van der Waals surface area contributed by atoms with Crippen molar-refractivity contribution in [3.05, 3.63) is 56.0 Å². The smallest absolute Gasteiger partial charge is 0.123 e. The molecular formula is C14H12ClFOS2. The molecule has 1 unspecified atom stereocenters. The minimum Gasteiger partial charge on any atom is -0.383 e. The lowest BCUT2D eigenvalue weighted by atomic mass is 10.1. The molecular weight excluding hydrogens is 303 g/mol. The van der Waals surface area contributed by atoms with E-state index >= 15 is 0 Å². The molecule has 0 saturated carbocycles. The summed E-state index contributed by atoms with van der Waals surface area (Å²) in [6, 6.07) is 6.12. The van der Waals surface area contributed by atoms with Crippen molar-refractivity contribution in [3.8, 4) is 0 Å². The molecule has 1 atom stereocenters. The van der Waals surface area contributed by atoms with Gasteiger partial charge in [0.2, 0.25) is 0 Å². The molecule has 1 nitrogen and oxygen atoms in total. The zero-order chi connectivity index (χ0) is 13.4. The number of rotatable bonds is 2. The maximum atomic E-state index is 13.3. The number of aliphatic hydroxyl groups excluding tert-OH is 1. The molecule has 2 heterocycles. The first-order valence-electron chi connectivity index (χ1n) is 5.97. The number of aryl methyl sites for hydroxylation is 1. The Bertz CT molecular complexity index is 588. The summed E-state index contributed by atoms with van der Waals surface area (Å²) in [6.45, 7) is 0. The standard InChI is InChI=1S/C14H12ClFOS2/c15-11-2-1-9(16)6-10(11)14(17)13-5-8-7-18-4-3-12(8)19-13/h1-2,5-6,14,17H,3-4,7H2. The van der Waals surface area contributed by atoms with Crippen LogP contribution in [0, 0.1) is 5.82 Å². The Kier molecular flexibility index (Phi) is 3.85. The lowest BCUT2D eigenvalue weighted by molar-refractivity contribution is 0.223. The fraction of sp³-hybridized carbons (Fsp3) is 0.286. The van der Waals surface area contributed by atoms with Crippen LogP contribution in [0.25, 0.3) is 0 Å². The highest BCUT2D eigenvalue weighted by molar-refractivity contribution is 7.98. The molecule has 1 aromatic heterocycles. The average Bonchev–Trinajstić information content (AvgIpc) is 2.84. The molecule has 2 aromatic rings. The third kappa shape index (κ3) is 2.68. The Hall–Kier alpha value is -0.550. The van der Waals surface area contributed by atoms with Gasteiger partial charge in [0.25, 0.3) is 0 Å². The number of benzene rings is 1. The first-order valence-corrected chi connectivity index (χ1v) is 8.32. The fourth-order valence-electron chi connectivity index (χ4n) is 2.18. The zero-order valence-electron chi connectivity index (χ0n) is 10.0. The van der Waals surface area contributed by atoms with E-state index in [-0.39, 0.29) is 5.82 Å². The van der Waals surface area contributed by atoms with E-state index in [4.69, 9.17) is 11.6 Å². The largest absolute Gasteiger partial charge is 0.383 e. The van der Waals surface area contributed by atoms with E-state index in [0.29, 0.717) is 10.6 Å². The third-order valence-corrected chi connectivity index (χ3v) is 5.81. The molecule has 0 bridgehead atoms. The average molecular weight is 315 g/mol. The second-order valence-corrected chi connectivity index (χ2v) is 7.15. The highest BCUT2D eigenvalue weighted by Gasteiger charge is 2.21. The molecule has 1 aliphatic rings. The monoisotopic (exact) mass is 314 g/mol. The van der Waals surface area contributed by atoms with Gasteiger partial charge in [0.15, 0.2) is 0 Å². The SMILES string of the molecule is OC(c1cc2c(s1)CCSC2)c1cc(F)ccc1Cl. The number of hydrogen-bond acceptors (Lipinski definition) is 3. The maximum Gasteiger partial charge on any atom is 0.123 e. The number of hydrogen-bond donors (Lipinski definition) is 1. The Labute approximate surface area is 124 Å². The van der Waals surface area contributed by atoms with Gasteiger partial charge in [-0.1, -0.05) is 11.6 Å². The van der Waals surface area contributed by atoms with E-state index in [2.05, 4.69) is 0 Å². The summed E-state index contributed by atoms with van der Waals surface area (Å²) in [6.07, 6.45) is 0.206. The minimum absolute atomic E-state index is 0.379. The van der Waals surface area contributed by atoms with Gasteiger partial charge in [-0.05, 0) is 42.0 Å². The normalized spacial score (nSPS) is 16.2. The van der Waals surface area contributed by atoms with Crippen molar-refractivity contribution in [2.24, 2.45) is 0 Å². The molecule has 1 N–H and O–H groups in total. The first kappa shape index (κ1) is 13.4. The molecule has 0 fully saturated rings. The van der Waals surface area contributed by atoms with Crippen LogP contribution >= 0.6 is 34.7 Å². The number of fused-ring (bicyclic) bond motifs is 1. The fourth-order valence-corrected chi connectivity index (χ4v) is 4.78. The van der Waals surface area contributed by atoms with Crippen molar-refractivity contribution in [1.29, 1.82) is 0 Å². The predicted molar refractivity (Wildman–Crippen MR) is 79.7 cm³/mol. The van der Waals surface area contributed by atoms with Crippen LogP contribution in [0.15, 0.2) is 24.3 Å². The van der Waals surface area contributed by atoms with Crippen LogP contribution in [0.3, 0.4) is 0 Å². The van der Waals surface area contributed by atoms with Crippen molar-refractivity contribution < 1.29 is 9.50 Å². The molecule has 19 heavy (non-hydrogen) atoms. The molecule has 0 amide bonds. The molecule has 3 rings (SSSR count). The lowest BCUT2D eigenvalue weighted by Gasteiger charge is -2.10. The first-order chi connectivity index (χ1) is 9.15. The van der Waals surface area contributed by atoms with Crippen molar-refractivity contribution in [1.82, 2.24) is 0 Å². The van der Waals surface area contributed by atoms with Gasteiger partial charge < -0.3 is 5.11 Å². The van der Waals surface area contributed by atoms with Crippen LogP contribution in [0.4, 0.5) is 4.39 Å². The van der Waals surface area contributed by atoms with Gasteiger partial charge in [-0.25, -0.2) is 4.39 Å². The third-order valence-electron chi connectivity index (χ3n) is 3.17. The summed E-state index contributed by atoms with van der Waals surface area (Å²) in [7, 11) is 0. The van der Waals surface area contributed by atoms with E-state index in [0.717, 1.165) is 22.8 Å². The Morgan fingerprint density at radius 1 is 1.32 bits per heavy atom. The summed E-state index contributed by atoms with van der Waals surface area (Å²) in [5.74, 6) is 1.74. The molecule has 5 heteroatoms. The summed E-state index contributed by atoms with van der Waals surface area (Å²) in [4.78, 5) is 2.18. The van der Waals surface area contributed by atoms with Gasteiger partial charge in [0.05, 0.1) is 0 Å². The van der Waals surface area contributed by atoms with Crippen molar-refractivity contribution in [3.63, 3.8) is 0 Å². The summed E-state index contributed by atoms with van der Waals surface area (Å²) < 4.78 is 13.3. The van der Waals surface area contributed by atoms with Gasteiger partial charge in [0, 0.05) is 26.1 Å². The Morgan fingerprint density at radius 2 is 2.16 bits per heavy atom. The zero-order valence-corrected chi connectivity index (χ0v) is 12.4. The van der Waals surface area contributed by atoms with E-state index in [1.807, 2.05) is 17.8 Å². The van der Waals surface area contributed by atoms with E-state index in [1.165, 1.54) is 28.6 Å². The van der Waals surface area contributed by atoms with E-state index in [9.17, 15) is 9.50 Å². The lowest BCUT2D eigenvalue weighted by Crippen LogP contribution is -1.99. The van der Waals surface area contributed by atoms with Crippen molar-refractivity contribution >= 4 is 34.7 Å².